The molecule has 0 bridgehead atoms. The van der Waals surface area contributed by atoms with E-state index in [0.717, 1.165) is 0 Å². The van der Waals surface area contributed by atoms with E-state index in [9.17, 15) is 4.79 Å². The number of hydrogen-bond donors (Lipinski definition) is 1. The van der Waals surface area contributed by atoms with Gasteiger partial charge < -0.3 is 9.84 Å². The fraction of sp³-hybridized carbons (Fsp3) is 0.222. The van der Waals surface area contributed by atoms with Crippen LogP contribution in [0, 0.1) is 0 Å². The van der Waals surface area contributed by atoms with Crippen molar-refractivity contribution in [2.75, 3.05) is 7.11 Å². The Morgan fingerprint density at radius 3 is 3.00 bits per heavy atom. The maximum absolute atomic E-state index is 10.8. The number of carbonyl (C=O) groups is 1. The molecule has 2 heterocycles. The van der Waals surface area contributed by atoms with Crippen molar-refractivity contribution in [3.63, 3.8) is 0 Å². The van der Waals surface area contributed by atoms with E-state index in [1.54, 1.807) is 0 Å². The van der Waals surface area contributed by atoms with E-state index in [4.69, 9.17) is 21.4 Å². The van der Waals surface area contributed by atoms with Crippen LogP contribution in [0.3, 0.4) is 0 Å². The number of hydrogen-bond acceptors (Lipinski definition) is 4. The third kappa shape index (κ3) is 1.72. The van der Waals surface area contributed by atoms with Gasteiger partial charge in [-0.1, -0.05) is 11.6 Å². The molecular formula is C9H8ClN3O3. The molecule has 7 heteroatoms. The minimum absolute atomic E-state index is 0.0784. The van der Waals surface area contributed by atoms with Crippen molar-refractivity contribution < 1.29 is 14.6 Å². The number of carboxylic acids is 1. The molecule has 16 heavy (non-hydrogen) atoms. The molecule has 6 nitrogen and oxygen atoms in total. The smallest absolute Gasteiger partial charge is 0.337 e. The fourth-order valence-corrected chi connectivity index (χ4v) is 1.59. The van der Waals surface area contributed by atoms with Gasteiger partial charge in [0.05, 0.1) is 10.6 Å². The first-order valence-electron chi connectivity index (χ1n) is 4.39. The van der Waals surface area contributed by atoms with Crippen LogP contribution in [0.25, 0.3) is 5.65 Å². The van der Waals surface area contributed by atoms with Crippen LogP contribution in [0.4, 0.5) is 0 Å². The van der Waals surface area contributed by atoms with Crippen molar-refractivity contribution in [3.05, 3.63) is 28.7 Å². The Bertz CT molecular complexity index is 552. The van der Waals surface area contributed by atoms with Crippen LogP contribution in [0.2, 0.25) is 5.02 Å². The number of fused-ring (bicyclic) bond motifs is 1. The highest BCUT2D eigenvalue weighted by Crippen LogP contribution is 2.18. The van der Waals surface area contributed by atoms with Gasteiger partial charge in [-0.2, -0.15) is 0 Å². The topological polar surface area (TPSA) is 76.7 Å². The first-order chi connectivity index (χ1) is 7.63. The van der Waals surface area contributed by atoms with Crippen LogP contribution in [-0.2, 0) is 11.3 Å². The van der Waals surface area contributed by atoms with Crippen LogP contribution in [0.1, 0.15) is 16.2 Å². The third-order valence-electron chi connectivity index (χ3n) is 2.05. The first kappa shape index (κ1) is 10.8. The molecule has 1 N–H and O–H groups in total. The highest BCUT2D eigenvalue weighted by atomic mass is 35.5. The molecule has 0 aliphatic rings. The molecule has 0 spiro atoms. The van der Waals surface area contributed by atoms with Gasteiger partial charge in [-0.3, -0.25) is 4.40 Å². The van der Waals surface area contributed by atoms with E-state index in [1.165, 1.54) is 23.8 Å². The van der Waals surface area contributed by atoms with Crippen LogP contribution < -0.4 is 0 Å². The number of ether oxygens (including phenoxy) is 1. The van der Waals surface area contributed by atoms with Gasteiger partial charge in [0.2, 0.25) is 0 Å². The Kier molecular flexibility index (Phi) is 2.76. The zero-order valence-corrected chi connectivity index (χ0v) is 9.10. The van der Waals surface area contributed by atoms with E-state index in [2.05, 4.69) is 10.2 Å². The van der Waals surface area contributed by atoms with E-state index in [-0.39, 0.29) is 17.2 Å². The zero-order valence-electron chi connectivity index (χ0n) is 8.35. The predicted octanol–water partition coefficient (Wildman–Crippen LogP) is 1.23. The summed E-state index contributed by atoms with van der Waals surface area (Å²) in [5.74, 6) is -0.552. The first-order valence-corrected chi connectivity index (χ1v) is 4.76. The molecule has 0 atom stereocenters. The average Bonchev–Trinajstić information content (AvgIpc) is 2.63. The molecule has 0 radical (unpaired) electrons. The van der Waals surface area contributed by atoms with E-state index < -0.39 is 5.97 Å². The van der Waals surface area contributed by atoms with Crippen LogP contribution in [0.5, 0.6) is 0 Å². The molecule has 84 valence electrons. The quantitative estimate of drug-likeness (QED) is 0.875. The van der Waals surface area contributed by atoms with Crippen molar-refractivity contribution in [1.82, 2.24) is 14.6 Å². The third-order valence-corrected chi connectivity index (χ3v) is 2.33. The van der Waals surface area contributed by atoms with Gasteiger partial charge in [0, 0.05) is 13.3 Å². The SMILES string of the molecule is COCc1nnc2c(Cl)cc(C(=O)O)cn12. The molecule has 0 fully saturated rings. The molecule has 0 aromatic carbocycles. The number of aromatic nitrogens is 3. The second kappa shape index (κ2) is 4.07. The molecule has 0 saturated carbocycles. The van der Waals surface area contributed by atoms with Gasteiger partial charge in [0.1, 0.15) is 6.61 Å². The van der Waals surface area contributed by atoms with Gasteiger partial charge in [-0.15, -0.1) is 10.2 Å². The van der Waals surface area contributed by atoms with E-state index in [1.807, 2.05) is 0 Å². The molecule has 0 unspecified atom stereocenters. The van der Waals surface area contributed by atoms with Gasteiger partial charge in [-0.25, -0.2) is 4.79 Å². The monoisotopic (exact) mass is 241 g/mol. The molecular weight excluding hydrogens is 234 g/mol. The number of nitrogens with zero attached hydrogens (tertiary/aromatic N) is 3. The van der Waals surface area contributed by atoms with Gasteiger partial charge >= 0.3 is 5.97 Å². The maximum Gasteiger partial charge on any atom is 0.337 e. The highest BCUT2D eigenvalue weighted by Gasteiger charge is 2.12. The van der Waals surface area contributed by atoms with Crippen molar-refractivity contribution in [1.29, 1.82) is 0 Å². The van der Waals surface area contributed by atoms with Gasteiger partial charge in [0.15, 0.2) is 11.5 Å². The average molecular weight is 242 g/mol. The summed E-state index contributed by atoms with van der Waals surface area (Å²) < 4.78 is 6.43. The fourth-order valence-electron chi connectivity index (χ4n) is 1.34. The zero-order chi connectivity index (χ0) is 11.7. The second-order valence-electron chi connectivity index (χ2n) is 3.12. The van der Waals surface area contributed by atoms with Crippen molar-refractivity contribution >= 4 is 23.2 Å². The lowest BCUT2D eigenvalue weighted by Crippen LogP contribution is -2.02. The largest absolute Gasteiger partial charge is 0.478 e. The Morgan fingerprint density at radius 2 is 2.38 bits per heavy atom. The molecule has 2 rings (SSSR count). The Balaban J connectivity index is 2.66. The number of pyridine rings is 1. The minimum Gasteiger partial charge on any atom is -0.478 e. The lowest BCUT2D eigenvalue weighted by molar-refractivity contribution is 0.0696. The number of halogens is 1. The summed E-state index contributed by atoms with van der Waals surface area (Å²) in [4.78, 5) is 10.8. The molecule has 0 aliphatic carbocycles. The van der Waals surface area contributed by atoms with Crippen molar-refractivity contribution in [3.8, 4) is 0 Å². The number of carboxylic acid groups (broad SMARTS) is 1. The summed E-state index contributed by atoms with van der Waals surface area (Å²) in [6.45, 7) is 0.237. The molecule has 0 saturated heterocycles. The lowest BCUT2D eigenvalue weighted by atomic mass is 10.3. The maximum atomic E-state index is 10.8. The van der Waals surface area contributed by atoms with Crippen LogP contribution >= 0.6 is 11.6 Å². The van der Waals surface area contributed by atoms with Gasteiger partial charge in [-0.05, 0) is 6.07 Å². The predicted molar refractivity (Wildman–Crippen MR) is 55.7 cm³/mol. The van der Waals surface area contributed by atoms with Crippen LogP contribution in [-0.4, -0.2) is 32.8 Å². The van der Waals surface area contributed by atoms with Crippen molar-refractivity contribution in [2.45, 2.75) is 6.61 Å². The Morgan fingerprint density at radius 1 is 1.62 bits per heavy atom. The number of aromatic carboxylic acids is 1. The molecule has 2 aromatic heterocycles. The Hall–Kier alpha value is -1.66. The molecule has 0 amide bonds. The standard InChI is InChI=1S/C9H8ClN3O3/c1-16-4-7-11-12-8-6(10)2-5(9(14)15)3-13(7)8/h2-3H,4H2,1H3,(H,14,15). The van der Waals surface area contributed by atoms with Crippen molar-refractivity contribution in [2.24, 2.45) is 0 Å². The minimum atomic E-state index is -1.05. The second-order valence-corrected chi connectivity index (χ2v) is 3.53. The normalized spacial score (nSPS) is 10.9. The lowest BCUT2D eigenvalue weighted by Gasteiger charge is -2.01. The van der Waals surface area contributed by atoms with Crippen LogP contribution in [0.15, 0.2) is 12.3 Å². The summed E-state index contributed by atoms with van der Waals surface area (Å²) in [6.07, 6.45) is 1.41. The summed E-state index contributed by atoms with van der Waals surface area (Å²) in [5.41, 5.74) is 0.494. The summed E-state index contributed by atoms with van der Waals surface area (Å²) in [5, 5.41) is 16.8. The molecule has 0 aliphatic heterocycles. The highest BCUT2D eigenvalue weighted by molar-refractivity contribution is 6.33. The van der Waals surface area contributed by atoms with Gasteiger partial charge in [0.25, 0.3) is 0 Å². The van der Waals surface area contributed by atoms with E-state index >= 15 is 0 Å². The molecule has 2 aromatic rings. The number of methoxy groups -OCH3 is 1. The summed E-state index contributed by atoms with van der Waals surface area (Å²) in [7, 11) is 1.52. The number of rotatable bonds is 3. The van der Waals surface area contributed by atoms with E-state index in [0.29, 0.717) is 11.5 Å². The summed E-state index contributed by atoms with van der Waals surface area (Å²) in [6, 6.07) is 1.34. The summed E-state index contributed by atoms with van der Waals surface area (Å²) >= 11 is 5.89. The Labute approximate surface area is 95.4 Å².